The normalized spacial score (nSPS) is 10.0. The minimum atomic E-state index is -0.0183. The van der Waals surface area contributed by atoms with Crippen LogP contribution in [-0.2, 0) is 0 Å². The molecule has 0 aromatic carbocycles. The van der Waals surface area contributed by atoms with Gasteiger partial charge in [-0.3, -0.25) is 4.79 Å². The van der Waals surface area contributed by atoms with Crippen LogP contribution < -0.4 is 0 Å². The maximum atomic E-state index is 11.3. The molecule has 0 saturated heterocycles. The van der Waals surface area contributed by atoms with E-state index in [1.54, 1.807) is 16.7 Å². The van der Waals surface area contributed by atoms with Crippen molar-refractivity contribution in [2.75, 3.05) is 0 Å². The molecule has 0 N–H and O–H groups in total. The lowest BCUT2D eigenvalue weighted by Gasteiger charge is -1.95. The average molecular weight is 184 g/mol. The minimum Gasteiger partial charge on any atom is -0.308 e. The lowest BCUT2D eigenvalue weighted by molar-refractivity contribution is 0.101. The monoisotopic (exact) mass is 184 g/mol. The highest BCUT2D eigenvalue weighted by Gasteiger charge is 2.10. The van der Waals surface area contributed by atoms with Crippen molar-refractivity contribution >= 4 is 11.3 Å². The molecule has 0 aliphatic carbocycles. The predicted octanol–water partition coefficient (Wildman–Crippen LogP) is 2.01. The predicted molar refractivity (Wildman–Crippen MR) is 52.1 cm³/mol. The molecule has 3 nitrogen and oxygen atoms in total. The summed E-state index contributed by atoms with van der Waals surface area (Å²) in [6, 6.07) is 9.19. The first kappa shape index (κ1) is 8.52. The number of fused-ring (bicyclic) bond motifs is 1. The highest BCUT2D eigenvalue weighted by molar-refractivity contribution is 6.01. The summed E-state index contributed by atoms with van der Waals surface area (Å²) < 4.78 is 1.72. The Morgan fingerprint density at radius 1 is 1.50 bits per heavy atom. The van der Waals surface area contributed by atoms with E-state index in [1.807, 2.05) is 18.2 Å². The maximum Gasteiger partial charge on any atom is 0.162 e. The highest BCUT2D eigenvalue weighted by Crippen LogP contribution is 2.16. The van der Waals surface area contributed by atoms with Gasteiger partial charge in [-0.15, -0.1) is 0 Å². The number of hydrogen-bond donors (Lipinski definition) is 0. The fourth-order valence-electron chi connectivity index (χ4n) is 1.52. The zero-order valence-corrected chi connectivity index (χ0v) is 7.69. The van der Waals surface area contributed by atoms with Gasteiger partial charge in [0.2, 0.25) is 0 Å². The molecule has 0 atom stereocenters. The summed E-state index contributed by atoms with van der Waals surface area (Å²) in [4.78, 5) is 11.3. The van der Waals surface area contributed by atoms with Crippen molar-refractivity contribution in [2.24, 2.45) is 0 Å². The van der Waals surface area contributed by atoms with Gasteiger partial charge in [-0.1, -0.05) is 6.07 Å². The number of nitrogens with zero attached hydrogens (tertiary/aromatic N) is 2. The number of carbonyl (C=O) groups excluding carboxylic acids is 1. The first-order chi connectivity index (χ1) is 6.74. The molecule has 2 heterocycles. The Hall–Kier alpha value is -2.08. The van der Waals surface area contributed by atoms with E-state index >= 15 is 0 Å². The molecule has 2 aromatic rings. The smallest absolute Gasteiger partial charge is 0.162 e. The second kappa shape index (κ2) is 3.00. The van der Waals surface area contributed by atoms with Crippen LogP contribution in [0.25, 0.3) is 5.52 Å². The van der Waals surface area contributed by atoms with Crippen molar-refractivity contribution in [3.63, 3.8) is 0 Å². The largest absolute Gasteiger partial charge is 0.308 e. The third-order valence-corrected chi connectivity index (χ3v) is 2.17. The standard InChI is InChI=1S/C11H8N2O/c1-8(14)10-6-9(7-12)13-5-3-2-4-11(10)13/h2-6H,1H3. The van der Waals surface area contributed by atoms with Crippen molar-refractivity contribution in [3.8, 4) is 6.07 Å². The zero-order valence-electron chi connectivity index (χ0n) is 7.69. The van der Waals surface area contributed by atoms with Gasteiger partial charge >= 0.3 is 0 Å². The average Bonchev–Trinajstić information content (AvgIpc) is 2.56. The third-order valence-electron chi connectivity index (χ3n) is 2.17. The summed E-state index contributed by atoms with van der Waals surface area (Å²) >= 11 is 0. The molecule has 0 bridgehead atoms. The van der Waals surface area contributed by atoms with Crippen LogP contribution >= 0.6 is 0 Å². The van der Waals surface area contributed by atoms with Gasteiger partial charge < -0.3 is 4.40 Å². The van der Waals surface area contributed by atoms with Gasteiger partial charge in [-0.2, -0.15) is 5.26 Å². The topological polar surface area (TPSA) is 45.3 Å². The van der Waals surface area contributed by atoms with E-state index in [1.165, 1.54) is 6.92 Å². The Bertz CT molecular complexity index is 546. The van der Waals surface area contributed by atoms with E-state index < -0.39 is 0 Å². The number of aromatic nitrogens is 1. The Morgan fingerprint density at radius 2 is 2.29 bits per heavy atom. The van der Waals surface area contributed by atoms with E-state index in [0.29, 0.717) is 11.3 Å². The molecule has 68 valence electrons. The van der Waals surface area contributed by atoms with Gasteiger partial charge in [-0.05, 0) is 25.1 Å². The van der Waals surface area contributed by atoms with Crippen LogP contribution in [0, 0.1) is 11.3 Å². The Kier molecular flexibility index (Phi) is 1.83. The number of pyridine rings is 1. The van der Waals surface area contributed by atoms with Crippen LogP contribution in [0.3, 0.4) is 0 Å². The van der Waals surface area contributed by atoms with E-state index in [9.17, 15) is 4.79 Å². The van der Waals surface area contributed by atoms with Crippen LogP contribution in [0.4, 0.5) is 0 Å². The van der Waals surface area contributed by atoms with Crippen molar-refractivity contribution < 1.29 is 4.79 Å². The summed E-state index contributed by atoms with van der Waals surface area (Å²) in [5, 5.41) is 8.85. The Balaban J connectivity index is 2.88. The molecule has 3 heteroatoms. The fraction of sp³-hybridized carbons (Fsp3) is 0.0909. The van der Waals surface area contributed by atoms with Crippen LogP contribution in [0.15, 0.2) is 30.5 Å². The van der Waals surface area contributed by atoms with Crippen LogP contribution in [0.5, 0.6) is 0 Å². The van der Waals surface area contributed by atoms with E-state index in [2.05, 4.69) is 6.07 Å². The van der Waals surface area contributed by atoms with E-state index in [4.69, 9.17) is 5.26 Å². The van der Waals surface area contributed by atoms with Crippen molar-refractivity contribution in [2.45, 2.75) is 6.92 Å². The summed E-state index contributed by atoms with van der Waals surface area (Å²) in [6.45, 7) is 1.50. The summed E-state index contributed by atoms with van der Waals surface area (Å²) in [7, 11) is 0. The fourth-order valence-corrected chi connectivity index (χ4v) is 1.52. The second-order valence-corrected chi connectivity index (χ2v) is 3.07. The first-order valence-electron chi connectivity index (χ1n) is 4.25. The second-order valence-electron chi connectivity index (χ2n) is 3.07. The van der Waals surface area contributed by atoms with Gasteiger partial charge in [0.15, 0.2) is 5.78 Å². The first-order valence-corrected chi connectivity index (χ1v) is 4.25. The van der Waals surface area contributed by atoms with Gasteiger partial charge in [0, 0.05) is 11.8 Å². The summed E-state index contributed by atoms with van der Waals surface area (Å²) in [5.74, 6) is -0.0183. The zero-order chi connectivity index (χ0) is 10.1. The van der Waals surface area contributed by atoms with Crippen molar-refractivity contribution in [1.29, 1.82) is 5.26 Å². The SMILES string of the molecule is CC(=O)c1cc(C#N)n2ccccc12. The van der Waals surface area contributed by atoms with Gasteiger partial charge in [-0.25, -0.2) is 0 Å². The highest BCUT2D eigenvalue weighted by atomic mass is 16.1. The van der Waals surface area contributed by atoms with E-state index in [0.717, 1.165) is 5.52 Å². The number of carbonyl (C=O) groups is 1. The van der Waals surface area contributed by atoms with Gasteiger partial charge in [0.1, 0.15) is 11.8 Å². The number of hydrogen-bond acceptors (Lipinski definition) is 2. The van der Waals surface area contributed by atoms with Crippen LogP contribution in [-0.4, -0.2) is 10.2 Å². The summed E-state index contributed by atoms with van der Waals surface area (Å²) in [5.41, 5.74) is 1.88. The van der Waals surface area contributed by atoms with E-state index in [-0.39, 0.29) is 5.78 Å². The molecule has 2 aromatic heterocycles. The number of ketones is 1. The lowest BCUT2D eigenvalue weighted by atomic mass is 10.2. The van der Waals surface area contributed by atoms with Gasteiger partial charge in [0.05, 0.1) is 5.52 Å². The molecule has 14 heavy (non-hydrogen) atoms. The molecule has 0 fully saturated rings. The molecule has 0 saturated carbocycles. The molecule has 0 radical (unpaired) electrons. The summed E-state index contributed by atoms with van der Waals surface area (Å²) in [6.07, 6.45) is 1.78. The molecule has 2 rings (SSSR count). The molecule has 0 amide bonds. The maximum absolute atomic E-state index is 11.3. The van der Waals surface area contributed by atoms with Crippen molar-refractivity contribution in [3.05, 3.63) is 41.7 Å². The lowest BCUT2D eigenvalue weighted by Crippen LogP contribution is -1.90. The minimum absolute atomic E-state index is 0.0183. The number of nitriles is 1. The molecule has 0 aliphatic rings. The number of Topliss-reactive ketones (excluding diaryl/α,β-unsaturated/α-hetero) is 1. The third kappa shape index (κ3) is 1.09. The molecular formula is C11H8N2O. The van der Waals surface area contributed by atoms with Crippen LogP contribution in [0.1, 0.15) is 23.0 Å². The molecule has 0 unspecified atom stereocenters. The molecular weight excluding hydrogens is 176 g/mol. The van der Waals surface area contributed by atoms with Crippen molar-refractivity contribution in [1.82, 2.24) is 4.40 Å². The molecule has 0 spiro atoms. The van der Waals surface area contributed by atoms with Crippen LogP contribution in [0.2, 0.25) is 0 Å². The number of rotatable bonds is 1. The Labute approximate surface area is 81.2 Å². The Morgan fingerprint density at radius 3 is 2.93 bits per heavy atom. The van der Waals surface area contributed by atoms with Gasteiger partial charge in [0.25, 0.3) is 0 Å². The quantitative estimate of drug-likeness (QED) is 0.636. The molecule has 0 aliphatic heterocycles.